The smallest absolute Gasteiger partial charge is 0.249 e. The third-order valence-electron chi connectivity index (χ3n) is 7.09. The normalized spacial score (nSPS) is 15.4. The first-order valence-corrected chi connectivity index (χ1v) is 18.5. The van der Waals surface area contributed by atoms with Gasteiger partial charge in [-0.25, -0.2) is 35.9 Å². The topological polar surface area (TPSA) is 89.8 Å². The minimum Gasteiger partial charge on any atom is -0.383 e. The van der Waals surface area contributed by atoms with Gasteiger partial charge in [0.15, 0.2) is 28.2 Å². The van der Waals surface area contributed by atoms with E-state index in [0.717, 1.165) is 15.7 Å². The van der Waals surface area contributed by atoms with Crippen LogP contribution in [0, 0.1) is 23.3 Å². The van der Waals surface area contributed by atoms with E-state index in [1.165, 1.54) is 13.4 Å². The van der Waals surface area contributed by atoms with Gasteiger partial charge in [-0.1, -0.05) is 19.6 Å². The van der Waals surface area contributed by atoms with Crippen molar-refractivity contribution in [2.45, 2.75) is 56.2 Å². The Labute approximate surface area is 238 Å². The van der Waals surface area contributed by atoms with E-state index in [2.05, 4.69) is 29.6 Å². The van der Waals surface area contributed by atoms with Crippen molar-refractivity contribution in [3.8, 4) is 0 Å². The number of ether oxygens (including phenoxy) is 2. The second-order valence-electron chi connectivity index (χ2n) is 11.2. The number of nitrogens with zero attached hydrogens (tertiary/aromatic N) is 5. The van der Waals surface area contributed by atoms with Crippen molar-refractivity contribution in [3.63, 3.8) is 0 Å². The molecule has 0 unspecified atom stereocenters. The molecule has 3 aromatic rings. The number of halogens is 4. The fourth-order valence-electron chi connectivity index (χ4n) is 4.83. The molecular weight excluding hydrogens is 582 g/mol. The zero-order chi connectivity index (χ0) is 29.9. The lowest BCUT2D eigenvalue weighted by Gasteiger charge is -2.38. The SMILES string of the molecule is COCCN(C1CCN(c2ncnc3c2ccn3COCC[Si](C)(C)C)CC1)S(=O)(=O)c1c(F)c(F)cc(F)c1F. The third kappa shape index (κ3) is 6.91. The van der Waals surface area contributed by atoms with E-state index < -0.39 is 52.3 Å². The molecule has 1 aromatic carbocycles. The first kappa shape index (κ1) is 31.3. The molecule has 0 saturated carbocycles. The van der Waals surface area contributed by atoms with E-state index in [1.807, 2.05) is 21.7 Å². The average Bonchev–Trinajstić information content (AvgIpc) is 3.33. The summed E-state index contributed by atoms with van der Waals surface area (Å²) in [6.07, 6.45) is 3.89. The van der Waals surface area contributed by atoms with Crippen molar-refractivity contribution in [2.75, 3.05) is 44.9 Å². The van der Waals surface area contributed by atoms with Crippen LogP contribution in [0.1, 0.15) is 12.8 Å². The molecule has 0 atom stereocenters. The Kier molecular flexibility index (Phi) is 9.73. The summed E-state index contributed by atoms with van der Waals surface area (Å²) in [6.45, 7) is 8.29. The lowest BCUT2D eigenvalue weighted by Crippen LogP contribution is -2.49. The van der Waals surface area contributed by atoms with Crippen LogP contribution < -0.4 is 4.90 Å². The molecular formula is C26H35F4N5O4SSi. The van der Waals surface area contributed by atoms with Gasteiger partial charge in [0.25, 0.3) is 0 Å². The number of piperidine rings is 1. The fourth-order valence-corrected chi connectivity index (χ4v) is 7.39. The number of hydrogen-bond donors (Lipinski definition) is 0. The molecule has 226 valence electrons. The zero-order valence-electron chi connectivity index (χ0n) is 23.5. The van der Waals surface area contributed by atoms with Crippen molar-refractivity contribution in [2.24, 2.45) is 0 Å². The number of aromatic nitrogens is 3. The number of benzene rings is 1. The summed E-state index contributed by atoms with van der Waals surface area (Å²) in [5, 5.41) is 0.808. The molecule has 0 N–H and O–H groups in total. The van der Waals surface area contributed by atoms with E-state index in [4.69, 9.17) is 9.47 Å². The number of rotatable bonds is 12. The summed E-state index contributed by atoms with van der Waals surface area (Å²) in [5.74, 6) is -6.82. The van der Waals surface area contributed by atoms with Crippen LogP contribution >= 0.6 is 0 Å². The summed E-state index contributed by atoms with van der Waals surface area (Å²) in [6, 6.07) is 2.24. The summed E-state index contributed by atoms with van der Waals surface area (Å²) in [4.78, 5) is 9.23. The van der Waals surface area contributed by atoms with Gasteiger partial charge in [0, 0.05) is 59.7 Å². The van der Waals surface area contributed by atoms with Gasteiger partial charge in [0.2, 0.25) is 10.0 Å². The predicted molar refractivity (Wildman–Crippen MR) is 149 cm³/mol. The Balaban J connectivity index is 1.52. The van der Waals surface area contributed by atoms with Crippen LogP contribution in [0.25, 0.3) is 11.0 Å². The van der Waals surface area contributed by atoms with Crippen LogP contribution in [0.4, 0.5) is 23.4 Å². The highest BCUT2D eigenvalue weighted by molar-refractivity contribution is 7.89. The Morgan fingerprint density at radius 1 is 1.05 bits per heavy atom. The molecule has 0 bridgehead atoms. The van der Waals surface area contributed by atoms with Crippen molar-refractivity contribution < 1.29 is 35.5 Å². The summed E-state index contributed by atoms with van der Waals surface area (Å²) in [7, 11) is -4.81. The van der Waals surface area contributed by atoms with Gasteiger partial charge in [-0.2, -0.15) is 4.31 Å². The van der Waals surface area contributed by atoms with Crippen molar-refractivity contribution in [1.29, 1.82) is 0 Å². The van der Waals surface area contributed by atoms with E-state index in [1.54, 1.807) is 0 Å². The van der Waals surface area contributed by atoms with Crippen LogP contribution in [0.2, 0.25) is 25.7 Å². The van der Waals surface area contributed by atoms with Gasteiger partial charge < -0.3 is 18.9 Å². The number of hydrogen-bond acceptors (Lipinski definition) is 7. The lowest BCUT2D eigenvalue weighted by atomic mass is 10.0. The van der Waals surface area contributed by atoms with Gasteiger partial charge in [-0.15, -0.1) is 0 Å². The number of sulfonamides is 1. The third-order valence-corrected chi connectivity index (χ3v) is 10.8. The van der Waals surface area contributed by atoms with E-state index in [-0.39, 0.29) is 32.1 Å². The Morgan fingerprint density at radius 3 is 2.32 bits per heavy atom. The highest BCUT2D eigenvalue weighted by atomic mass is 32.2. The fraction of sp³-hybridized carbons (Fsp3) is 0.538. The molecule has 9 nitrogen and oxygen atoms in total. The summed E-state index contributed by atoms with van der Waals surface area (Å²) >= 11 is 0. The van der Waals surface area contributed by atoms with E-state index in [0.29, 0.717) is 37.9 Å². The molecule has 0 aliphatic carbocycles. The molecule has 41 heavy (non-hydrogen) atoms. The van der Waals surface area contributed by atoms with E-state index in [9.17, 15) is 26.0 Å². The highest BCUT2D eigenvalue weighted by Crippen LogP contribution is 2.32. The van der Waals surface area contributed by atoms with Crippen LogP contribution in [-0.2, 0) is 26.2 Å². The molecule has 1 fully saturated rings. The minimum atomic E-state index is -4.95. The van der Waals surface area contributed by atoms with Gasteiger partial charge >= 0.3 is 0 Å². The highest BCUT2D eigenvalue weighted by Gasteiger charge is 2.39. The maximum Gasteiger partial charge on any atom is 0.249 e. The molecule has 0 amide bonds. The van der Waals surface area contributed by atoms with Crippen LogP contribution in [0.5, 0.6) is 0 Å². The molecule has 0 radical (unpaired) electrons. The molecule has 3 heterocycles. The first-order valence-electron chi connectivity index (χ1n) is 13.3. The maximum atomic E-state index is 14.5. The Morgan fingerprint density at radius 2 is 1.71 bits per heavy atom. The summed E-state index contributed by atoms with van der Waals surface area (Å²) in [5.41, 5.74) is 0.702. The van der Waals surface area contributed by atoms with Gasteiger partial charge in [0.1, 0.15) is 24.5 Å². The van der Waals surface area contributed by atoms with E-state index >= 15 is 0 Å². The standard InChI is InChI=1S/C26H35F4N5O4SSi/c1-38-12-11-35(40(36,37)24-22(29)20(27)15-21(28)23(24)30)18-5-8-33(9-6-18)25-19-7-10-34(26(19)32-16-31-25)17-39-13-14-41(2,3)4/h7,10,15-16,18H,5-6,8-9,11-14,17H2,1-4H3. The van der Waals surface area contributed by atoms with Crippen molar-refractivity contribution >= 4 is 34.9 Å². The number of methoxy groups -OCH3 is 1. The Hall–Kier alpha value is -2.59. The molecule has 1 saturated heterocycles. The lowest BCUT2D eigenvalue weighted by molar-refractivity contribution is 0.0899. The second kappa shape index (κ2) is 12.7. The molecule has 1 aliphatic rings. The molecule has 2 aromatic heterocycles. The van der Waals surface area contributed by atoms with Gasteiger partial charge in [-0.3, -0.25) is 0 Å². The summed E-state index contributed by atoms with van der Waals surface area (Å²) < 4.78 is 97.3. The molecule has 15 heteroatoms. The predicted octanol–water partition coefficient (Wildman–Crippen LogP) is 4.61. The zero-order valence-corrected chi connectivity index (χ0v) is 25.4. The largest absolute Gasteiger partial charge is 0.383 e. The van der Waals surface area contributed by atoms with Gasteiger partial charge in [0.05, 0.1) is 12.0 Å². The average molecular weight is 618 g/mol. The molecule has 4 rings (SSSR count). The maximum absolute atomic E-state index is 14.5. The molecule has 1 aliphatic heterocycles. The number of anilines is 1. The first-order chi connectivity index (χ1) is 19.3. The quantitative estimate of drug-likeness (QED) is 0.127. The van der Waals surface area contributed by atoms with Crippen molar-refractivity contribution in [1.82, 2.24) is 18.8 Å². The van der Waals surface area contributed by atoms with Crippen LogP contribution in [0.3, 0.4) is 0 Å². The Bertz CT molecular complexity index is 1450. The van der Waals surface area contributed by atoms with Crippen molar-refractivity contribution in [3.05, 3.63) is 47.9 Å². The minimum absolute atomic E-state index is 0.0169. The van der Waals surface area contributed by atoms with Crippen LogP contribution in [0.15, 0.2) is 29.6 Å². The van der Waals surface area contributed by atoms with Crippen LogP contribution in [-0.4, -0.2) is 81.3 Å². The number of fused-ring (bicyclic) bond motifs is 1. The van der Waals surface area contributed by atoms with Gasteiger partial charge in [-0.05, 0) is 25.0 Å². The monoisotopic (exact) mass is 617 g/mol. The molecule has 0 spiro atoms. The second-order valence-corrected chi connectivity index (χ2v) is 18.6.